The normalized spacial score (nSPS) is 19.2. The van der Waals surface area contributed by atoms with Crippen LogP contribution in [0.4, 0.5) is 0 Å². The van der Waals surface area contributed by atoms with Crippen LogP contribution in [-0.2, 0) is 4.74 Å². The van der Waals surface area contributed by atoms with Gasteiger partial charge in [0.25, 0.3) is 0 Å². The number of nitrogens with zero attached hydrogens (tertiary/aromatic N) is 1. The van der Waals surface area contributed by atoms with Crippen molar-refractivity contribution >= 4 is 0 Å². The van der Waals surface area contributed by atoms with Crippen LogP contribution in [0.25, 0.3) is 0 Å². The molecule has 2 unspecified atom stereocenters. The van der Waals surface area contributed by atoms with E-state index in [2.05, 4.69) is 4.98 Å². The van der Waals surface area contributed by atoms with E-state index in [-0.39, 0.29) is 6.10 Å². The first-order chi connectivity index (χ1) is 7.77. The van der Waals surface area contributed by atoms with Crippen molar-refractivity contribution in [1.82, 2.24) is 4.98 Å². The fourth-order valence-corrected chi connectivity index (χ4v) is 1.96. The molecule has 16 heavy (non-hydrogen) atoms. The van der Waals surface area contributed by atoms with Crippen molar-refractivity contribution in [2.45, 2.75) is 25.0 Å². The molecule has 1 fully saturated rings. The Morgan fingerprint density at radius 3 is 2.75 bits per heavy atom. The number of ether oxygens (including phenoxy) is 2. The first-order valence-electron chi connectivity index (χ1n) is 5.47. The predicted octanol–water partition coefficient (Wildman–Crippen LogP) is 1.55. The van der Waals surface area contributed by atoms with Gasteiger partial charge < -0.3 is 14.6 Å². The average Bonchev–Trinajstić information content (AvgIpc) is 3.14. The summed E-state index contributed by atoms with van der Waals surface area (Å²) in [4.78, 5) is 4.17. The fourth-order valence-electron chi connectivity index (χ4n) is 1.96. The van der Waals surface area contributed by atoms with E-state index in [1.54, 1.807) is 32.5 Å². The first kappa shape index (κ1) is 11.4. The van der Waals surface area contributed by atoms with Crippen molar-refractivity contribution in [2.24, 2.45) is 5.92 Å². The molecule has 1 aromatic heterocycles. The summed E-state index contributed by atoms with van der Waals surface area (Å²) in [7, 11) is 3.20. The Morgan fingerprint density at radius 1 is 1.44 bits per heavy atom. The molecule has 0 saturated heterocycles. The minimum Gasteiger partial charge on any atom is -0.495 e. The Kier molecular flexibility index (Phi) is 3.41. The summed E-state index contributed by atoms with van der Waals surface area (Å²) in [6, 6.07) is 3.58. The highest BCUT2D eigenvalue weighted by Gasteiger charge is 2.38. The Hall–Kier alpha value is -1.13. The number of aromatic nitrogens is 1. The summed E-state index contributed by atoms with van der Waals surface area (Å²) < 4.78 is 10.5. The van der Waals surface area contributed by atoms with Gasteiger partial charge in [-0.05, 0) is 30.9 Å². The summed E-state index contributed by atoms with van der Waals surface area (Å²) in [5, 5.41) is 10.2. The lowest BCUT2D eigenvalue weighted by atomic mass is 10.0. The molecule has 0 radical (unpaired) electrons. The molecule has 0 bridgehead atoms. The zero-order valence-corrected chi connectivity index (χ0v) is 9.59. The third-order valence-corrected chi connectivity index (χ3v) is 2.97. The van der Waals surface area contributed by atoms with E-state index in [1.165, 1.54) is 0 Å². The highest BCUT2D eigenvalue weighted by atomic mass is 16.5. The van der Waals surface area contributed by atoms with Crippen LogP contribution in [0.2, 0.25) is 0 Å². The van der Waals surface area contributed by atoms with E-state index in [0.29, 0.717) is 17.4 Å². The zero-order chi connectivity index (χ0) is 11.5. The summed E-state index contributed by atoms with van der Waals surface area (Å²) in [6.07, 6.45) is 2.99. The maximum atomic E-state index is 10.2. The lowest BCUT2D eigenvalue weighted by Gasteiger charge is -2.22. The van der Waals surface area contributed by atoms with Crippen LogP contribution < -0.4 is 4.74 Å². The minimum atomic E-state index is -0.714. The number of aliphatic hydroxyl groups excluding tert-OH is 1. The molecule has 0 amide bonds. The first-order valence-corrected chi connectivity index (χ1v) is 5.47. The topological polar surface area (TPSA) is 51.6 Å². The lowest BCUT2D eigenvalue weighted by Crippen LogP contribution is -2.24. The number of methoxy groups -OCH3 is 2. The van der Waals surface area contributed by atoms with Gasteiger partial charge in [0.2, 0.25) is 0 Å². The van der Waals surface area contributed by atoms with Crippen LogP contribution in [0, 0.1) is 5.92 Å². The lowest BCUT2D eigenvalue weighted by molar-refractivity contribution is -0.0288. The number of hydrogen-bond acceptors (Lipinski definition) is 4. The molecule has 1 aliphatic rings. The molecule has 2 atom stereocenters. The predicted molar refractivity (Wildman–Crippen MR) is 59.3 cm³/mol. The van der Waals surface area contributed by atoms with Gasteiger partial charge in [-0.25, -0.2) is 0 Å². The Balaban J connectivity index is 2.20. The number of pyridine rings is 1. The van der Waals surface area contributed by atoms with Gasteiger partial charge in [-0.1, -0.05) is 0 Å². The van der Waals surface area contributed by atoms with Gasteiger partial charge in [-0.2, -0.15) is 0 Å². The standard InChI is InChI=1S/C12H17NO3/c1-15-9-4-3-7-13-10(9)11(14)12(16-2)8-5-6-8/h3-4,7-8,11-12,14H,5-6H2,1-2H3. The Bertz CT molecular complexity index is 352. The Morgan fingerprint density at radius 2 is 2.19 bits per heavy atom. The van der Waals surface area contributed by atoms with Crippen LogP contribution in [0.1, 0.15) is 24.6 Å². The molecule has 2 rings (SSSR count). The highest BCUT2D eigenvalue weighted by molar-refractivity contribution is 5.29. The Labute approximate surface area is 95.2 Å². The number of aliphatic hydroxyl groups is 1. The number of rotatable bonds is 5. The molecule has 0 aliphatic heterocycles. The van der Waals surface area contributed by atoms with Crippen molar-refractivity contribution < 1.29 is 14.6 Å². The molecule has 1 N–H and O–H groups in total. The second-order valence-electron chi connectivity index (χ2n) is 4.07. The van der Waals surface area contributed by atoms with Gasteiger partial charge in [0.05, 0.1) is 13.2 Å². The third-order valence-electron chi connectivity index (χ3n) is 2.97. The van der Waals surface area contributed by atoms with Crippen molar-refractivity contribution in [1.29, 1.82) is 0 Å². The van der Waals surface area contributed by atoms with E-state index >= 15 is 0 Å². The summed E-state index contributed by atoms with van der Waals surface area (Å²) in [5.74, 6) is 1.06. The summed E-state index contributed by atoms with van der Waals surface area (Å²) in [5.41, 5.74) is 0.559. The molecule has 0 aromatic carbocycles. The SMILES string of the molecule is COc1cccnc1C(O)C(OC)C1CC1. The van der Waals surface area contributed by atoms with Crippen LogP contribution >= 0.6 is 0 Å². The maximum Gasteiger partial charge on any atom is 0.143 e. The van der Waals surface area contributed by atoms with Crippen molar-refractivity contribution in [3.05, 3.63) is 24.0 Å². The zero-order valence-electron chi connectivity index (χ0n) is 9.59. The average molecular weight is 223 g/mol. The van der Waals surface area contributed by atoms with Gasteiger partial charge in [0.1, 0.15) is 17.5 Å². The molecule has 1 aliphatic carbocycles. The van der Waals surface area contributed by atoms with Gasteiger partial charge >= 0.3 is 0 Å². The third kappa shape index (κ3) is 2.18. The van der Waals surface area contributed by atoms with Crippen molar-refractivity contribution in [3.8, 4) is 5.75 Å². The fraction of sp³-hybridized carbons (Fsp3) is 0.583. The molecular weight excluding hydrogens is 206 g/mol. The molecule has 4 heteroatoms. The van der Waals surface area contributed by atoms with E-state index in [1.807, 2.05) is 0 Å². The van der Waals surface area contributed by atoms with Crippen LogP contribution in [0.15, 0.2) is 18.3 Å². The molecule has 4 nitrogen and oxygen atoms in total. The molecule has 1 heterocycles. The monoisotopic (exact) mass is 223 g/mol. The summed E-state index contributed by atoms with van der Waals surface area (Å²) in [6.45, 7) is 0. The van der Waals surface area contributed by atoms with Gasteiger partial charge in [0.15, 0.2) is 0 Å². The molecule has 1 saturated carbocycles. The van der Waals surface area contributed by atoms with Crippen LogP contribution in [0.5, 0.6) is 5.75 Å². The maximum absolute atomic E-state index is 10.2. The van der Waals surface area contributed by atoms with Crippen LogP contribution in [0.3, 0.4) is 0 Å². The minimum absolute atomic E-state index is 0.177. The molecule has 88 valence electrons. The smallest absolute Gasteiger partial charge is 0.143 e. The quantitative estimate of drug-likeness (QED) is 0.822. The molecule has 1 aromatic rings. The molecule has 0 spiro atoms. The van der Waals surface area contributed by atoms with E-state index in [0.717, 1.165) is 12.8 Å². The van der Waals surface area contributed by atoms with Gasteiger partial charge in [-0.3, -0.25) is 4.98 Å². The van der Waals surface area contributed by atoms with Crippen LogP contribution in [-0.4, -0.2) is 30.4 Å². The number of hydrogen-bond donors (Lipinski definition) is 1. The van der Waals surface area contributed by atoms with E-state index in [4.69, 9.17) is 9.47 Å². The largest absolute Gasteiger partial charge is 0.495 e. The molecular formula is C12H17NO3. The second-order valence-corrected chi connectivity index (χ2v) is 4.07. The highest BCUT2D eigenvalue weighted by Crippen LogP contribution is 2.40. The van der Waals surface area contributed by atoms with Crippen molar-refractivity contribution in [3.63, 3.8) is 0 Å². The second kappa shape index (κ2) is 4.80. The summed E-state index contributed by atoms with van der Waals surface area (Å²) >= 11 is 0. The van der Waals surface area contributed by atoms with E-state index in [9.17, 15) is 5.11 Å². The van der Waals surface area contributed by atoms with E-state index < -0.39 is 6.10 Å². The van der Waals surface area contributed by atoms with Gasteiger partial charge in [-0.15, -0.1) is 0 Å². The van der Waals surface area contributed by atoms with Gasteiger partial charge in [0, 0.05) is 13.3 Å². The van der Waals surface area contributed by atoms with Crippen molar-refractivity contribution in [2.75, 3.05) is 14.2 Å².